The Hall–Kier alpha value is -2.48. The summed E-state index contributed by atoms with van der Waals surface area (Å²) in [5.41, 5.74) is 1.10. The van der Waals surface area contributed by atoms with Crippen LogP contribution in [0.15, 0.2) is 42.5 Å². The van der Waals surface area contributed by atoms with Crippen LogP contribution in [0.2, 0.25) is 0 Å². The number of rotatable bonds is 4. The van der Waals surface area contributed by atoms with E-state index in [9.17, 15) is 22.0 Å². The van der Waals surface area contributed by atoms with Crippen LogP contribution < -0.4 is 0 Å². The first kappa shape index (κ1) is 19.8. The number of fused-ring (bicyclic) bond motifs is 1. The summed E-state index contributed by atoms with van der Waals surface area (Å²) in [7, 11) is 0. The minimum atomic E-state index is -4.52. The Kier molecular flexibility index (Phi) is 5.29. The van der Waals surface area contributed by atoms with Gasteiger partial charge in [-0.15, -0.1) is 0 Å². The van der Waals surface area contributed by atoms with Gasteiger partial charge in [0.05, 0.1) is 11.0 Å². The molecule has 0 unspecified atom stereocenters. The lowest BCUT2D eigenvalue weighted by atomic mass is 9.96. The zero-order valence-corrected chi connectivity index (χ0v) is 15.6. The minimum Gasteiger partial charge on any atom is -0.320 e. The number of hydrogen-bond acceptors (Lipinski definition) is 2. The van der Waals surface area contributed by atoms with Crippen molar-refractivity contribution in [1.29, 1.82) is 0 Å². The largest absolute Gasteiger partial charge is 0.449 e. The van der Waals surface area contributed by atoms with Crippen molar-refractivity contribution in [1.82, 2.24) is 14.5 Å². The Balaban J connectivity index is 1.46. The highest BCUT2D eigenvalue weighted by atomic mass is 19.4. The summed E-state index contributed by atoms with van der Waals surface area (Å²) in [6.07, 6.45) is -3.16. The standard InChI is InChI=1S/C21H20F5N3/c22-16-5-6-17(23)15(11-16)13-28-9-7-14(8-10-28)12-29-19-4-2-1-3-18(19)27-20(29)21(24,25)26/h1-6,11,14H,7-10,12-13H2. The average Bonchev–Trinajstić information content (AvgIpc) is 3.05. The molecule has 1 aliphatic heterocycles. The molecule has 2 heterocycles. The maximum atomic E-state index is 13.8. The van der Waals surface area contributed by atoms with Gasteiger partial charge < -0.3 is 4.57 Å². The van der Waals surface area contributed by atoms with Crippen molar-refractivity contribution in [2.45, 2.75) is 32.1 Å². The zero-order chi connectivity index (χ0) is 20.6. The molecule has 0 aliphatic carbocycles. The second-order valence-corrected chi connectivity index (χ2v) is 7.49. The zero-order valence-electron chi connectivity index (χ0n) is 15.6. The lowest BCUT2D eigenvalue weighted by molar-refractivity contribution is -0.147. The van der Waals surface area contributed by atoms with Crippen molar-refractivity contribution in [3.63, 3.8) is 0 Å². The molecular weight excluding hydrogens is 389 g/mol. The van der Waals surface area contributed by atoms with E-state index in [4.69, 9.17) is 0 Å². The molecule has 3 aromatic rings. The number of hydrogen-bond donors (Lipinski definition) is 0. The number of alkyl halides is 3. The Morgan fingerprint density at radius 1 is 1.00 bits per heavy atom. The molecule has 154 valence electrons. The van der Waals surface area contributed by atoms with Gasteiger partial charge in [0.15, 0.2) is 0 Å². The normalized spacial score (nSPS) is 16.6. The van der Waals surface area contributed by atoms with Gasteiger partial charge in [-0.05, 0) is 62.2 Å². The number of benzene rings is 2. The van der Waals surface area contributed by atoms with Crippen molar-refractivity contribution < 1.29 is 22.0 Å². The number of nitrogens with zero attached hydrogens (tertiary/aromatic N) is 3. The van der Waals surface area contributed by atoms with E-state index in [0.717, 1.165) is 12.1 Å². The van der Waals surface area contributed by atoms with Crippen LogP contribution in [-0.4, -0.2) is 27.5 Å². The molecule has 0 spiro atoms. The van der Waals surface area contributed by atoms with Crippen molar-refractivity contribution in [3.8, 4) is 0 Å². The smallest absolute Gasteiger partial charge is 0.320 e. The average molecular weight is 409 g/mol. The second-order valence-electron chi connectivity index (χ2n) is 7.49. The molecule has 29 heavy (non-hydrogen) atoms. The summed E-state index contributed by atoms with van der Waals surface area (Å²) < 4.78 is 68.8. The van der Waals surface area contributed by atoms with Gasteiger partial charge in [-0.2, -0.15) is 13.2 Å². The van der Waals surface area contributed by atoms with E-state index in [1.807, 2.05) is 4.90 Å². The number of imidazole rings is 1. The van der Waals surface area contributed by atoms with E-state index in [1.165, 1.54) is 10.6 Å². The van der Waals surface area contributed by atoms with Crippen molar-refractivity contribution in [3.05, 3.63) is 65.5 Å². The van der Waals surface area contributed by atoms with E-state index >= 15 is 0 Å². The molecule has 1 fully saturated rings. The summed E-state index contributed by atoms with van der Waals surface area (Å²) in [4.78, 5) is 5.79. The van der Waals surface area contributed by atoms with Crippen LogP contribution in [0.3, 0.4) is 0 Å². The van der Waals surface area contributed by atoms with E-state index in [0.29, 0.717) is 42.5 Å². The molecule has 0 N–H and O–H groups in total. The quantitative estimate of drug-likeness (QED) is 0.549. The molecule has 3 nitrogen and oxygen atoms in total. The van der Waals surface area contributed by atoms with Gasteiger partial charge in [-0.3, -0.25) is 4.90 Å². The molecule has 0 atom stereocenters. The van der Waals surface area contributed by atoms with Crippen LogP contribution in [0, 0.1) is 17.6 Å². The fourth-order valence-electron chi connectivity index (χ4n) is 3.97. The summed E-state index contributed by atoms with van der Waals surface area (Å²) in [6, 6.07) is 9.99. The minimum absolute atomic E-state index is 0.0577. The van der Waals surface area contributed by atoms with E-state index in [1.54, 1.807) is 24.3 Å². The molecule has 0 radical (unpaired) electrons. The molecule has 0 amide bonds. The maximum Gasteiger partial charge on any atom is 0.449 e. The predicted octanol–water partition coefficient (Wildman–Crippen LogP) is 5.25. The number of para-hydroxylation sites is 2. The lowest BCUT2D eigenvalue weighted by Gasteiger charge is -2.32. The number of halogens is 5. The highest BCUT2D eigenvalue weighted by Gasteiger charge is 2.38. The Bertz CT molecular complexity index is 1000. The van der Waals surface area contributed by atoms with Gasteiger partial charge in [0.25, 0.3) is 0 Å². The van der Waals surface area contributed by atoms with Crippen molar-refractivity contribution in [2.24, 2.45) is 5.92 Å². The Morgan fingerprint density at radius 3 is 2.45 bits per heavy atom. The first-order chi connectivity index (χ1) is 13.8. The molecule has 4 rings (SSSR count). The van der Waals surface area contributed by atoms with Gasteiger partial charge in [-0.1, -0.05) is 12.1 Å². The monoisotopic (exact) mass is 409 g/mol. The summed E-state index contributed by atoms with van der Waals surface area (Å²) in [6.45, 7) is 1.76. The molecule has 0 saturated carbocycles. The predicted molar refractivity (Wildman–Crippen MR) is 99.1 cm³/mol. The highest BCUT2D eigenvalue weighted by Crippen LogP contribution is 2.33. The molecule has 8 heteroatoms. The van der Waals surface area contributed by atoms with Crippen LogP contribution >= 0.6 is 0 Å². The van der Waals surface area contributed by atoms with E-state index in [-0.39, 0.29) is 19.0 Å². The first-order valence-corrected chi connectivity index (χ1v) is 9.50. The fraction of sp³-hybridized carbons (Fsp3) is 0.381. The van der Waals surface area contributed by atoms with Crippen LogP contribution in [-0.2, 0) is 19.3 Å². The summed E-state index contributed by atoms with van der Waals surface area (Å²) in [5, 5.41) is 0. The molecule has 0 bridgehead atoms. The third-order valence-corrected chi connectivity index (χ3v) is 5.46. The van der Waals surface area contributed by atoms with Crippen molar-refractivity contribution >= 4 is 11.0 Å². The number of piperidine rings is 1. The van der Waals surface area contributed by atoms with E-state index in [2.05, 4.69) is 4.98 Å². The molecular formula is C21H20F5N3. The van der Waals surface area contributed by atoms with Crippen LogP contribution in [0.5, 0.6) is 0 Å². The van der Waals surface area contributed by atoms with Crippen molar-refractivity contribution in [2.75, 3.05) is 13.1 Å². The number of aromatic nitrogens is 2. The van der Waals surface area contributed by atoms with Crippen LogP contribution in [0.4, 0.5) is 22.0 Å². The third-order valence-electron chi connectivity index (χ3n) is 5.46. The third kappa shape index (κ3) is 4.27. The van der Waals surface area contributed by atoms with Crippen LogP contribution in [0.1, 0.15) is 24.2 Å². The van der Waals surface area contributed by atoms with E-state index < -0.39 is 23.6 Å². The van der Waals surface area contributed by atoms with Gasteiger partial charge >= 0.3 is 6.18 Å². The summed E-state index contributed by atoms with van der Waals surface area (Å²) >= 11 is 0. The molecule has 1 saturated heterocycles. The van der Waals surface area contributed by atoms with Crippen LogP contribution in [0.25, 0.3) is 11.0 Å². The number of likely N-dealkylation sites (tertiary alicyclic amines) is 1. The maximum absolute atomic E-state index is 13.8. The van der Waals surface area contributed by atoms with Gasteiger partial charge in [0.1, 0.15) is 11.6 Å². The highest BCUT2D eigenvalue weighted by molar-refractivity contribution is 5.76. The fourth-order valence-corrected chi connectivity index (χ4v) is 3.97. The second kappa shape index (κ2) is 7.74. The molecule has 1 aromatic heterocycles. The molecule has 1 aliphatic rings. The lowest BCUT2D eigenvalue weighted by Crippen LogP contribution is -2.35. The Labute approximate surface area is 164 Å². The van der Waals surface area contributed by atoms with Gasteiger partial charge in [0, 0.05) is 18.7 Å². The topological polar surface area (TPSA) is 21.1 Å². The SMILES string of the molecule is Fc1ccc(F)c(CN2CCC(Cn3c(C(F)(F)F)nc4ccccc43)CC2)c1. The molecule has 2 aromatic carbocycles. The Morgan fingerprint density at radius 2 is 1.72 bits per heavy atom. The van der Waals surface area contributed by atoms with Gasteiger partial charge in [0.2, 0.25) is 5.82 Å². The summed E-state index contributed by atoms with van der Waals surface area (Å²) in [5.74, 6) is -1.75. The van der Waals surface area contributed by atoms with Gasteiger partial charge in [-0.25, -0.2) is 13.8 Å². The first-order valence-electron chi connectivity index (χ1n) is 9.50.